The van der Waals surface area contributed by atoms with E-state index in [1.54, 1.807) is 0 Å². The van der Waals surface area contributed by atoms with Gasteiger partial charge in [0.2, 0.25) is 0 Å². The van der Waals surface area contributed by atoms with Gasteiger partial charge in [0, 0.05) is 0 Å². The van der Waals surface area contributed by atoms with E-state index < -0.39 is 77.6 Å². The first-order valence-electron chi connectivity index (χ1n) is 20.2. The summed E-state index contributed by atoms with van der Waals surface area (Å²) >= 11 is 1.38. The van der Waals surface area contributed by atoms with Crippen LogP contribution in [-0.2, 0) is 59.0 Å². The van der Waals surface area contributed by atoms with Gasteiger partial charge in [-0.05, 0) is 187 Å². The van der Waals surface area contributed by atoms with Crippen LogP contribution < -0.4 is 0 Å². The van der Waals surface area contributed by atoms with Crippen molar-refractivity contribution in [3.05, 3.63) is 35.9 Å². The fourth-order valence-electron chi connectivity index (χ4n) is 4.18. The topological polar surface area (TPSA) is 144 Å². The molecule has 0 aromatic heterocycles. The molecular formula is C43H89O12Si3W. The van der Waals surface area contributed by atoms with Gasteiger partial charge in [-0.1, -0.05) is 0 Å². The summed E-state index contributed by atoms with van der Waals surface area (Å²) in [6.45, 7) is 50.3. The summed E-state index contributed by atoms with van der Waals surface area (Å²) in [5.41, 5.74) is -3.45. The standard InChI is InChI=1S/3C12H28O4Si.C7H5.W/c3*1-10(2,3)14-17(13,15-11(4,5)6)16-12(7,8)9;1-7-5-3-2-4-6-7;/h3*13H,1-9H3;2-6H;. The maximum absolute atomic E-state index is 10.5. The molecule has 3 N–H and O–H groups in total. The van der Waals surface area contributed by atoms with Gasteiger partial charge >= 0.3 is 86.4 Å². The molecule has 59 heavy (non-hydrogen) atoms. The molecule has 0 saturated carbocycles. The quantitative estimate of drug-likeness (QED) is 0.203. The van der Waals surface area contributed by atoms with Gasteiger partial charge in [0.25, 0.3) is 0 Å². The average molecular weight is 1070 g/mol. The van der Waals surface area contributed by atoms with Crippen LogP contribution in [0.25, 0.3) is 0 Å². The van der Waals surface area contributed by atoms with Crippen molar-refractivity contribution in [3.8, 4) is 4.20 Å². The fourth-order valence-corrected chi connectivity index (χ4v) is 12.0. The van der Waals surface area contributed by atoms with Crippen molar-refractivity contribution in [2.45, 2.75) is 237 Å². The van der Waals surface area contributed by atoms with Crippen LogP contribution in [0.4, 0.5) is 0 Å². The molecule has 0 atom stereocenters. The molecule has 12 nitrogen and oxygen atoms in total. The van der Waals surface area contributed by atoms with Crippen LogP contribution >= 0.6 is 0 Å². The molecule has 16 heteroatoms. The molecule has 0 aliphatic rings. The van der Waals surface area contributed by atoms with E-state index in [1.807, 2.05) is 217 Å². The van der Waals surface area contributed by atoms with Gasteiger partial charge in [0.05, 0.1) is 50.4 Å². The Kier molecular flexibility index (Phi) is 24.8. The predicted octanol–water partition coefficient (Wildman–Crippen LogP) is 10.1. The van der Waals surface area contributed by atoms with E-state index in [1.165, 1.54) is 24.7 Å². The molecule has 1 aromatic rings. The fraction of sp³-hybridized carbons (Fsp3) is 0.837. The number of hydrogen-bond acceptors (Lipinski definition) is 12. The first-order valence-corrected chi connectivity index (χ1v) is 26.7. The van der Waals surface area contributed by atoms with Crippen molar-refractivity contribution in [2.75, 3.05) is 0 Å². The molecule has 0 saturated heterocycles. The summed E-state index contributed by atoms with van der Waals surface area (Å²) in [7, 11) is -11.0. The molecule has 0 bridgehead atoms. The molecule has 0 radical (unpaired) electrons. The Bertz CT molecular complexity index is 1110. The van der Waals surface area contributed by atoms with Crippen LogP contribution in [0.3, 0.4) is 0 Å². The number of rotatable bonds is 9. The molecule has 1 aromatic carbocycles. The Morgan fingerprint density at radius 3 is 0.542 bits per heavy atom. The van der Waals surface area contributed by atoms with Gasteiger partial charge in [-0.3, -0.25) is 0 Å². The van der Waals surface area contributed by atoms with Gasteiger partial charge in [-0.15, -0.1) is 0 Å². The Hall–Kier alpha value is -0.141. The zero-order chi connectivity index (χ0) is 48.2. The zero-order valence-corrected chi connectivity index (χ0v) is 48.2. The minimum atomic E-state index is -3.66. The zero-order valence-electron chi connectivity index (χ0n) is 42.3. The molecule has 0 heterocycles. The third-order valence-electron chi connectivity index (χ3n) is 4.81. The molecule has 0 aliphatic carbocycles. The van der Waals surface area contributed by atoms with Crippen LogP contribution in [0.15, 0.2) is 30.3 Å². The Morgan fingerprint density at radius 2 is 0.458 bits per heavy atom. The molecule has 0 spiro atoms. The second-order valence-corrected chi connectivity index (χ2v) is 28.7. The van der Waals surface area contributed by atoms with Gasteiger partial charge in [0.1, 0.15) is 0 Å². The van der Waals surface area contributed by atoms with Gasteiger partial charge in [0.15, 0.2) is 0 Å². The summed E-state index contributed by atoms with van der Waals surface area (Å²) in [4.78, 5) is 31.5. The normalized spacial score (nSPS) is 14.2. The monoisotopic (exact) mass is 1070 g/mol. The minimum absolute atomic E-state index is 0.516. The molecule has 0 aliphatic heterocycles. The van der Waals surface area contributed by atoms with E-state index >= 15 is 0 Å². The summed E-state index contributed by atoms with van der Waals surface area (Å²) < 4.78 is 53.8. The summed E-state index contributed by atoms with van der Waals surface area (Å²) in [6.07, 6.45) is 0. The Balaban J connectivity index is -0.000000728. The van der Waals surface area contributed by atoms with E-state index in [0.29, 0.717) is 0 Å². The summed E-state index contributed by atoms with van der Waals surface area (Å²) in [6, 6.07) is 10.1. The van der Waals surface area contributed by atoms with Gasteiger partial charge < -0.3 is 54.2 Å². The summed E-state index contributed by atoms with van der Waals surface area (Å²) in [5, 5.41) is 0. The average Bonchev–Trinajstić information content (AvgIpc) is 2.78. The number of hydrogen-bond donors (Lipinski definition) is 3. The Labute approximate surface area is 376 Å². The predicted molar refractivity (Wildman–Crippen MR) is 241 cm³/mol. The number of benzene rings is 1. The molecular weight excluding hydrogens is 977 g/mol. The molecule has 351 valence electrons. The van der Waals surface area contributed by atoms with Crippen molar-refractivity contribution in [3.63, 3.8) is 0 Å². The molecule has 0 unspecified atom stereocenters. The van der Waals surface area contributed by atoms with Crippen LogP contribution in [0.1, 0.15) is 193 Å². The van der Waals surface area contributed by atoms with E-state index in [-0.39, 0.29) is 0 Å². The van der Waals surface area contributed by atoms with Crippen molar-refractivity contribution in [2.24, 2.45) is 0 Å². The van der Waals surface area contributed by atoms with Crippen molar-refractivity contribution >= 4 is 27.1 Å². The second kappa shape index (κ2) is 23.2. The van der Waals surface area contributed by atoms with Crippen LogP contribution in [-0.4, -0.2) is 91.9 Å². The van der Waals surface area contributed by atoms with Gasteiger partial charge in [-0.25, -0.2) is 0 Å². The van der Waals surface area contributed by atoms with Crippen molar-refractivity contribution in [1.82, 2.24) is 0 Å². The van der Waals surface area contributed by atoms with Gasteiger partial charge in [-0.2, -0.15) is 0 Å². The van der Waals surface area contributed by atoms with Crippen LogP contribution in [0.2, 0.25) is 0 Å². The first kappa shape index (κ1) is 63.1. The SMILES string of the molecule is CC(C)(C)O[Si](O)(OC(C)(C)C)OC(C)(C)C.CC(C)(C)O[Si](O)(OC(C)(C)C)OC(C)(C)C.CC(C)(C)O[Si](O)(OC(C)(C)C)OC(C)(C)C.[W]#[C]c1ccccc1. The Morgan fingerprint density at radius 1 is 0.322 bits per heavy atom. The molecule has 1 rings (SSSR count). The van der Waals surface area contributed by atoms with E-state index in [0.717, 1.165) is 0 Å². The van der Waals surface area contributed by atoms with Crippen LogP contribution in [0.5, 0.6) is 0 Å². The maximum atomic E-state index is 10.5. The second-order valence-electron chi connectivity index (χ2n) is 23.0. The van der Waals surface area contributed by atoms with Crippen molar-refractivity contribution < 1.29 is 73.4 Å². The molecule has 0 fully saturated rings. The van der Waals surface area contributed by atoms with E-state index in [2.05, 4.69) is 4.20 Å². The third-order valence-corrected chi connectivity index (χ3v) is 13.5. The molecule has 0 amide bonds. The third kappa shape index (κ3) is 44.3. The first-order chi connectivity index (χ1) is 25.3. The van der Waals surface area contributed by atoms with E-state index in [4.69, 9.17) is 39.8 Å². The van der Waals surface area contributed by atoms with Crippen LogP contribution in [0, 0.1) is 4.20 Å². The van der Waals surface area contributed by atoms with Crippen molar-refractivity contribution in [1.29, 1.82) is 0 Å². The summed E-state index contributed by atoms with van der Waals surface area (Å²) in [5.74, 6) is 0. The van der Waals surface area contributed by atoms with E-state index in [9.17, 15) is 14.4 Å².